The normalized spacial score (nSPS) is 21.6. The van der Waals surface area contributed by atoms with Gasteiger partial charge in [-0.05, 0) is 61.1 Å². The molecule has 0 aromatic heterocycles. The second-order valence-corrected chi connectivity index (χ2v) is 8.02. The highest BCUT2D eigenvalue weighted by Crippen LogP contribution is 2.32. The fourth-order valence-corrected chi connectivity index (χ4v) is 4.55. The average molecular weight is 377 g/mol. The first-order valence-electron chi connectivity index (χ1n) is 10.1. The lowest BCUT2D eigenvalue weighted by Gasteiger charge is -2.21. The van der Waals surface area contributed by atoms with Gasteiger partial charge in [0.2, 0.25) is 5.91 Å². The Hall–Kier alpha value is -2.66. The van der Waals surface area contributed by atoms with Crippen molar-refractivity contribution in [1.29, 1.82) is 0 Å². The summed E-state index contributed by atoms with van der Waals surface area (Å²) in [5.41, 5.74) is 7.73. The number of carbonyl (C=O) groups excluding carboxylic acids is 2. The first-order chi connectivity index (χ1) is 13.6. The zero-order valence-electron chi connectivity index (χ0n) is 16.1. The van der Waals surface area contributed by atoms with Crippen molar-refractivity contribution in [1.82, 2.24) is 9.80 Å². The molecule has 4 rings (SSSR count). The molecule has 146 valence electrons. The number of primary amides is 1. The summed E-state index contributed by atoms with van der Waals surface area (Å²) < 4.78 is 0. The summed E-state index contributed by atoms with van der Waals surface area (Å²) in [5, 5.41) is 0. The topological polar surface area (TPSA) is 66.6 Å². The van der Waals surface area contributed by atoms with E-state index in [2.05, 4.69) is 35.2 Å². The molecule has 2 atom stereocenters. The number of hydrogen-bond donors (Lipinski definition) is 1. The third-order valence-corrected chi connectivity index (χ3v) is 6.05. The van der Waals surface area contributed by atoms with E-state index in [1.54, 1.807) is 24.3 Å². The molecule has 2 aliphatic rings. The molecule has 5 nitrogen and oxygen atoms in total. The van der Waals surface area contributed by atoms with Crippen molar-refractivity contribution >= 4 is 11.8 Å². The molecule has 2 aliphatic heterocycles. The lowest BCUT2D eigenvalue weighted by atomic mass is 10.0. The van der Waals surface area contributed by atoms with E-state index < -0.39 is 5.91 Å². The summed E-state index contributed by atoms with van der Waals surface area (Å²) in [4.78, 5) is 28.5. The number of nitrogens with two attached hydrogens (primary N) is 1. The van der Waals surface area contributed by atoms with Gasteiger partial charge in [0, 0.05) is 37.3 Å². The minimum atomic E-state index is -0.470. The molecule has 0 spiro atoms. The van der Waals surface area contributed by atoms with Crippen LogP contribution in [0.15, 0.2) is 54.6 Å². The monoisotopic (exact) mass is 377 g/mol. The molecule has 2 amide bonds. The van der Waals surface area contributed by atoms with Gasteiger partial charge in [-0.25, -0.2) is 0 Å². The third-order valence-electron chi connectivity index (χ3n) is 6.05. The van der Waals surface area contributed by atoms with E-state index in [-0.39, 0.29) is 5.91 Å². The van der Waals surface area contributed by atoms with E-state index in [1.165, 1.54) is 12.0 Å². The predicted octanol–water partition coefficient (Wildman–Crippen LogP) is 2.42. The molecule has 2 aromatic rings. The molecule has 1 unspecified atom stereocenters. The Labute approximate surface area is 166 Å². The molecular formula is C23H27N3O2. The molecule has 28 heavy (non-hydrogen) atoms. The van der Waals surface area contributed by atoms with Crippen LogP contribution >= 0.6 is 0 Å². The number of rotatable bonds is 6. The van der Waals surface area contributed by atoms with E-state index >= 15 is 0 Å². The Balaban J connectivity index is 1.25. The lowest BCUT2D eigenvalue weighted by Crippen LogP contribution is -2.33. The zero-order chi connectivity index (χ0) is 19.5. The van der Waals surface area contributed by atoms with Gasteiger partial charge in [0.05, 0.1) is 0 Å². The highest BCUT2D eigenvalue weighted by atomic mass is 16.2. The number of benzene rings is 2. The zero-order valence-corrected chi connectivity index (χ0v) is 16.1. The van der Waals surface area contributed by atoms with Gasteiger partial charge in [-0.3, -0.25) is 9.59 Å². The van der Waals surface area contributed by atoms with Gasteiger partial charge in [0.1, 0.15) is 0 Å². The second-order valence-electron chi connectivity index (χ2n) is 8.02. The van der Waals surface area contributed by atoms with Crippen LogP contribution in [-0.2, 0) is 6.42 Å². The number of aryl methyl sites for hydroxylation is 1. The Bertz CT molecular complexity index is 821. The third kappa shape index (κ3) is 4.09. The van der Waals surface area contributed by atoms with E-state index in [1.807, 2.05) is 4.90 Å². The Morgan fingerprint density at radius 1 is 0.857 bits per heavy atom. The van der Waals surface area contributed by atoms with E-state index in [4.69, 9.17) is 5.73 Å². The van der Waals surface area contributed by atoms with Gasteiger partial charge in [-0.1, -0.05) is 30.3 Å². The molecular weight excluding hydrogens is 350 g/mol. The molecule has 0 radical (unpaired) electrons. The first kappa shape index (κ1) is 18.7. The second kappa shape index (κ2) is 8.15. The molecule has 2 N–H and O–H groups in total. The van der Waals surface area contributed by atoms with Crippen LogP contribution in [0.2, 0.25) is 0 Å². The summed E-state index contributed by atoms with van der Waals surface area (Å²) in [7, 11) is 0. The molecule has 2 saturated heterocycles. The molecule has 2 fully saturated rings. The maximum Gasteiger partial charge on any atom is 0.253 e. The van der Waals surface area contributed by atoms with E-state index in [0.717, 1.165) is 39.1 Å². The van der Waals surface area contributed by atoms with Crippen molar-refractivity contribution in [2.45, 2.75) is 12.8 Å². The molecule has 0 bridgehead atoms. The van der Waals surface area contributed by atoms with Crippen LogP contribution < -0.4 is 5.73 Å². The molecule has 2 aromatic carbocycles. The number of hydrogen-bond acceptors (Lipinski definition) is 3. The fourth-order valence-electron chi connectivity index (χ4n) is 4.55. The van der Waals surface area contributed by atoms with Gasteiger partial charge < -0.3 is 15.5 Å². The van der Waals surface area contributed by atoms with Gasteiger partial charge in [-0.15, -0.1) is 0 Å². The van der Waals surface area contributed by atoms with Crippen molar-refractivity contribution in [3.63, 3.8) is 0 Å². The largest absolute Gasteiger partial charge is 0.366 e. The summed E-state index contributed by atoms with van der Waals surface area (Å²) in [6.07, 6.45) is 2.30. The summed E-state index contributed by atoms with van der Waals surface area (Å²) in [6.45, 7) is 4.96. The van der Waals surface area contributed by atoms with Crippen LogP contribution in [0.1, 0.15) is 32.7 Å². The Morgan fingerprint density at radius 2 is 1.46 bits per heavy atom. The number of likely N-dealkylation sites (tertiary alicyclic amines) is 2. The molecule has 2 heterocycles. The van der Waals surface area contributed by atoms with Gasteiger partial charge in [0.25, 0.3) is 5.91 Å². The van der Waals surface area contributed by atoms with Crippen molar-refractivity contribution < 1.29 is 9.59 Å². The quantitative estimate of drug-likeness (QED) is 0.841. The molecule has 0 aliphatic carbocycles. The van der Waals surface area contributed by atoms with Crippen LogP contribution in [0.3, 0.4) is 0 Å². The van der Waals surface area contributed by atoms with Crippen LogP contribution in [0.4, 0.5) is 0 Å². The summed E-state index contributed by atoms with van der Waals surface area (Å²) in [5.74, 6) is 0.735. The standard InChI is InChI=1S/C23H27N3O2/c24-22(27)18-8-10-19(11-9-18)23(28)26-15-20-13-25(14-21(20)16-26)12-4-7-17-5-2-1-3-6-17/h1-3,5-6,8-11,20-21H,4,7,12-16H2,(H2,24,27)/t20-,21?/m0/s1. The van der Waals surface area contributed by atoms with Crippen LogP contribution in [-0.4, -0.2) is 54.3 Å². The van der Waals surface area contributed by atoms with E-state index in [9.17, 15) is 9.59 Å². The van der Waals surface area contributed by atoms with Crippen LogP contribution in [0, 0.1) is 11.8 Å². The predicted molar refractivity (Wildman–Crippen MR) is 109 cm³/mol. The maximum absolute atomic E-state index is 12.8. The Morgan fingerprint density at radius 3 is 2.07 bits per heavy atom. The van der Waals surface area contributed by atoms with Crippen LogP contribution in [0.25, 0.3) is 0 Å². The highest BCUT2D eigenvalue weighted by Gasteiger charge is 2.41. The lowest BCUT2D eigenvalue weighted by molar-refractivity contribution is 0.0773. The van der Waals surface area contributed by atoms with Gasteiger partial charge in [-0.2, -0.15) is 0 Å². The Kier molecular flexibility index (Phi) is 5.44. The molecule has 5 heteroatoms. The maximum atomic E-state index is 12.8. The van der Waals surface area contributed by atoms with E-state index in [0.29, 0.717) is 23.0 Å². The minimum Gasteiger partial charge on any atom is -0.366 e. The minimum absolute atomic E-state index is 0.0565. The SMILES string of the molecule is NC(=O)c1ccc(C(=O)N2CC3CN(CCCc4ccccc4)C[C@H]3C2)cc1. The van der Waals surface area contributed by atoms with Gasteiger partial charge in [0.15, 0.2) is 0 Å². The molecule has 0 saturated carbocycles. The number of nitrogens with zero attached hydrogens (tertiary/aromatic N) is 2. The van der Waals surface area contributed by atoms with Crippen molar-refractivity contribution in [2.75, 3.05) is 32.7 Å². The van der Waals surface area contributed by atoms with Gasteiger partial charge >= 0.3 is 0 Å². The highest BCUT2D eigenvalue weighted by molar-refractivity contribution is 5.97. The first-order valence-corrected chi connectivity index (χ1v) is 10.1. The van der Waals surface area contributed by atoms with Crippen molar-refractivity contribution in [3.05, 3.63) is 71.3 Å². The van der Waals surface area contributed by atoms with Crippen molar-refractivity contribution in [2.24, 2.45) is 17.6 Å². The fraction of sp³-hybridized carbons (Fsp3) is 0.391. The average Bonchev–Trinajstić information content (AvgIpc) is 3.27. The summed E-state index contributed by atoms with van der Waals surface area (Å²) in [6, 6.07) is 17.3. The number of fused-ring (bicyclic) bond motifs is 1. The summed E-state index contributed by atoms with van der Waals surface area (Å²) >= 11 is 0. The van der Waals surface area contributed by atoms with Crippen molar-refractivity contribution in [3.8, 4) is 0 Å². The smallest absolute Gasteiger partial charge is 0.253 e. The number of amides is 2. The number of carbonyl (C=O) groups is 2. The van der Waals surface area contributed by atoms with Crippen LogP contribution in [0.5, 0.6) is 0 Å².